The molecule has 0 atom stereocenters. The number of aromatic nitrogens is 1. The largest absolute Gasteiger partial charge is 0.496 e. The van der Waals surface area contributed by atoms with Crippen LogP contribution in [0.15, 0.2) is 47.4 Å². The van der Waals surface area contributed by atoms with Gasteiger partial charge in [-0.05, 0) is 31.2 Å². The summed E-state index contributed by atoms with van der Waals surface area (Å²) in [7, 11) is -2.64. The molecule has 0 saturated carbocycles. The Morgan fingerprint density at radius 1 is 1.21 bits per heavy atom. The molecule has 8 nitrogen and oxygen atoms in total. The summed E-state index contributed by atoms with van der Waals surface area (Å²) < 4.78 is 32.9. The third kappa shape index (κ3) is 3.44. The number of aldehydes is 1. The van der Waals surface area contributed by atoms with Crippen LogP contribution in [0.1, 0.15) is 21.6 Å². The van der Waals surface area contributed by atoms with E-state index in [9.17, 15) is 18.0 Å². The van der Waals surface area contributed by atoms with Crippen LogP contribution in [0.5, 0.6) is 5.75 Å². The van der Waals surface area contributed by atoms with Crippen LogP contribution < -0.4 is 10.1 Å². The molecule has 0 aliphatic carbocycles. The molecule has 1 aromatic heterocycles. The van der Waals surface area contributed by atoms with E-state index >= 15 is 0 Å². The summed E-state index contributed by atoms with van der Waals surface area (Å²) in [5.74, 6) is 0.221. The van der Waals surface area contributed by atoms with Crippen molar-refractivity contribution in [1.82, 2.24) is 9.29 Å². The predicted molar refractivity (Wildman–Crippen MR) is 103 cm³/mol. The van der Waals surface area contributed by atoms with Crippen molar-refractivity contribution in [1.29, 1.82) is 0 Å². The number of amides is 1. The van der Waals surface area contributed by atoms with Gasteiger partial charge in [-0.15, -0.1) is 0 Å². The molecule has 0 saturated heterocycles. The Labute approximate surface area is 161 Å². The minimum Gasteiger partial charge on any atom is -0.496 e. The molecule has 28 heavy (non-hydrogen) atoms. The van der Waals surface area contributed by atoms with Gasteiger partial charge >= 0.3 is 6.09 Å². The summed E-state index contributed by atoms with van der Waals surface area (Å²) in [5.41, 5.74) is 1.66. The van der Waals surface area contributed by atoms with Crippen molar-refractivity contribution in [3.8, 4) is 5.75 Å². The first-order chi connectivity index (χ1) is 13.3. The zero-order valence-corrected chi connectivity index (χ0v) is 16.0. The highest BCUT2D eigenvalue weighted by Gasteiger charge is 2.24. The van der Waals surface area contributed by atoms with Crippen molar-refractivity contribution >= 4 is 33.3 Å². The van der Waals surface area contributed by atoms with Crippen LogP contribution in [0.25, 0.3) is 10.9 Å². The summed E-state index contributed by atoms with van der Waals surface area (Å²) in [6, 6.07) is 10.8. The topological polar surface area (TPSA) is 115 Å². The minimum atomic E-state index is -4.02. The van der Waals surface area contributed by atoms with E-state index in [1.807, 2.05) is 6.92 Å². The van der Waals surface area contributed by atoms with Crippen LogP contribution in [0, 0.1) is 6.92 Å². The van der Waals surface area contributed by atoms with E-state index in [0.29, 0.717) is 11.7 Å². The molecule has 0 unspecified atom stereocenters. The minimum absolute atomic E-state index is 0.0607. The first kappa shape index (κ1) is 19.4. The molecule has 2 N–H and O–H groups in total. The van der Waals surface area contributed by atoms with Gasteiger partial charge < -0.3 is 15.2 Å². The lowest BCUT2D eigenvalue weighted by atomic mass is 10.1. The van der Waals surface area contributed by atoms with Crippen molar-refractivity contribution in [3.05, 3.63) is 59.3 Å². The summed E-state index contributed by atoms with van der Waals surface area (Å²) in [5, 5.41) is 11.6. The molecule has 0 fully saturated rings. The van der Waals surface area contributed by atoms with Gasteiger partial charge in [0.2, 0.25) is 0 Å². The molecule has 1 amide bonds. The monoisotopic (exact) mass is 402 g/mol. The molecule has 0 radical (unpaired) electrons. The Kier molecular flexibility index (Phi) is 5.10. The number of nitrogens with zero attached hydrogens (tertiary/aromatic N) is 1. The van der Waals surface area contributed by atoms with Gasteiger partial charge in [-0.25, -0.2) is 17.2 Å². The molecule has 2 aromatic carbocycles. The molecule has 1 heterocycles. The average Bonchev–Trinajstić information content (AvgIpc) is 3.03. The van der Waals surface area contributed by atoms with Gasteiger partial charge in [-0.1, -0.05) is 17.7 Å². The summed E-state index contributed by atoms with van der Waals surface area (Å²) in [6.07, 6.45) is -0.671. The second-order valence-corrected chi connectivity index (χ2v) is 7.93. The number of rotatable bonds is 6. The van der Waals surface area contributed by atoms with E-state index in [1.54, 1.807) is 12.1 Å². The highest BCUT2D eigenvalue weighted by Crippen LogP contribution is 2.31. The standard InChI is InChI=1S/C19H18N2O6S/c1-12-3-5-16(6-4-12)28(25,26)21-15(10-20-19(23)24)8-13-7-14(11-22)18(27-2)9-17(13)21/h3-9,11,20H,10H2,1-2H3,(H,23,24). The zero-order chi connectivity index (χ0) is 20.5. The number of carbonyl (C=O) groups excluding carboxylic acids is 1. The van der Waals surface area contributed by atoms with Crippen LogP contribution in [0.4, 0.5) is 4.79 Å². The molecule has 9 heteroatoms. The third-order valence-corrected chi connectivity index (χ3v) is 6.07. The van der Waals surface area contributed by atoms with E-state index < -0.39 is 16.1 Å². The Balaban J connectivity index is 2.30. The summed E-state index contributed by atoms with van der Waals surface area (Å²) in [6.45, 7) is 1.61. The highest BCUT2D eigenvalue weighted by molar-refractivity contribution is 7.90. The fourth-order valence-corrected chi connectivity index (χ4v) is 4.48. The lowest BCUT2D eigenvalue weighted by Gasteiger charge is -2.13. The Morgan fingerprint density at radius 3 is 2.46 bits per heavy atom. The molecule has 0 bridgehead atoms. The summed E-state index contributed by atoms with van der Waals surface area (Å²) in [4.78, 5) is 22.3. The van der Waals surface area contributed by atoms with Crippen molar-refractivity contribution in [2.75, 3.05) is 7.11 Å². The second kappa shape index (κ2) is 7.35. The van der Waals surface area contributed by atoms with Gasteiger partial charge in [0.15, 0.2) is 6.29 Å². The quantitative estimate of drug-likeness (QED) is 0.613. The number of ether oxygens (including phenoxy) is 1. The van der Waals surface area contributed by atoms with Crippen molar-refractivity contribution in [3.63, 3.8) is 0 Å². The van der Waals surface area contributed by atoms with Crippen LogP contribution in [0.3, 0.4) is 0 Å². The number of aryl methyl sites for hydroxylation is 1. The molecule has 3 aromatic rings. The van der Waals surface area contributed by atoms with Gasteiger partial charge in [0.1, 0.15) is 5.75 Å². The smallest absolute Gasteiger partial charge is 0.404 e. The molecule has 146 valence electrons. The molecular formula is C19H18N2O6S. The van der Waals surface area contributed by atoms with Crippen molar-refractivity contribution in [2.45, 2.75) is 18.4 Å². The Bertz CT molecular complexity index is 1160. The maximum absolute atomic E-state index is 13.3. The average molecular weight is 402 g/mol. The molecule has 3 rings (SSSR count). The Morgan fingerprint density at radius 2 is 1.89 bits per heavy atom. The lowest BCUT2D eigenvalue weighted by molar-refractivity contribution is 0.112. The lowest BCUT2D eigenvalue weighted by Crippen LogP contribution is -2.24. The maximum Gasteiger partial charge on any atom is 0.404 e. The number of benzene rings is 2. The van der Waals surface area contributed by atoms with Gasteiger partial charge in [0.25, 0.3) is 10.0 Å². The number of hydrogen-bond donors (Lipinski definition) is 2. The number of carbonyl (C=O) groups is 2. The van der Waals surface area contributed by atoms with Gasteiger partial charge in [0, 0.05) is 11.5 Å². The zero-order valence-electron chi connectivity index (χ0n) is 15.2. The number of fused-ring (bicyclic) bond motifs is 1. The number of methoxy groups -OCH3 is 1. The fourth-order valence-electron chi connectivity index (χ4n) is 2.95. The maximum atomic E-state index is 13.3. The SMILES string of the molecule is COc1cc2c(cc1C=O)cc(CNC(=O)O)n2S(=O)(=O)c1ccc(C)cc1. The van der Waals surface area contributed by atoms with E-state index in [2.05, 4.69) is 5.32 Å². The fraction of sp³-hybridized carbons (Fsp3) is 0.158. The highest BCUT2D eigenvalue weighted by atomic mass is 32.2. The van der Waals surface area contributed by atoms with Crippen LogP contribution in [0.2, 0.25) is 0 Å². The first-order valence-corrected chi connectivity index (χ1v) is 9.68. The molecular weight excluding hydrogens is 384 g/mol. The van der Waals surface area contributed by atoms with Crippen molar-refractivity contribution in [2.24, 2.45) is 0 Å². The van der Waals surface area contributed by atoms with Crippen molar-refractivity contribution < 1.29 is 27.9 Å². The van der Waals surface area contributed by atoms with E-state index in [0.717, 1.165) is 9.54 Å². The molecule has 0 spiro atoms. The molecule has 0 aliphatic rings. The van der Waals surface area contributed by atoms with E-state index in [4.69, 9.17) is 9.84 Å². The van der Waals surface area contributed by atoms with Crippen LogP contribution >= 0.6 is 0 Å². The van der Waals surface area contributed by atoms with Crippen LogP contribution in [-0.4, -0.2) is 37.0 Å². The first-order valence-electron chi connectivity index (χ1n) is 8.24. The Hall–Kier alpha value is -3.33. The van der Waals surface area contributed by atoms with E-state index in [1.165, 1.54) is 37.4 Å². The normalized spacial score (nSPS) is 11.4. The summed E-state index contributed by atoms with van der Waals surface area (Å²) >= 11 is 0. The van der Waals surface area contributed by atoms with Crippen LogP contribution in [-0.2, 0) is 16.6 Å². The third-order valence-electron chi connectivity index (χ3n) is 4.29. The number of nitrogens with one attached hydrogen (secondary N) is 1. The van der Waals surface area contributed by atoms with Gasteiger partial charge in [-0.2, -0.15) is 0 Å². The predicted octanol–water partition coefficient (Wildman–Crippen LogP) is 2.78. The second-order valence-electron chi connectivity index (χ2n) is 6.15. The molecule has 0 aliphatic heterocycles. The van der Waals surface area contributed by atoms with E-state index in [-0.39, 0.29) is 34.0 Å². The number of hydrogen-bond acceptors (Lipinski definition) is 5. The van der Waals surface area contributed by atoms with Gasteiger partial charge in [-0.3, -0.25) is 4.79 Å². The number of carboxylic acid groups (broad SMARTS) is 1. The van der Waals surface area contributed by atoms with Gasteiger partial charge in [0.05, 0.1) is 35.3 Å².